The molecule has 0 amide bonds. The molecule has 17 heavy (non-hydrogen) atoms. The molecule has 0 aliphatic rings. The van der Waals surface area contributed by atoms with Gasteiger partial charge in [0.05, 0.1) is 6.10 Å². The first-order valence-corrected chi connectivity index (χ1v) is 5.23. The lowest BCUT2D eigenvalue weighted by molar-refractivity contribution is 0.0137. The van der Waals surface area contributed by atoms with E-state index in [2.05, 4.69) is 4.98 Å². The Hall–Kier alpha value is -1.50. The minimum absolute atomic E-state index is 0.110. The Morgan fingerprint density at radius 2 is 2.18 bits per heavy atom. The van der Waals surface area contributed by atoms with Gasteiger partial charge in [-0.1, -0.05) is 0 Å². The first kappa shape index (κ1) is 13.6. The smallest absolute Gasteiger partial charge is 0.354 e. The van der Waals surface area contributed by atoms with Crippen LogP contribution in [0.5, 0.6) is 0 Å². The third-order valence-corrected chi connectivity index (χ3v) is 2.40. The SMILES string of the molecule is Cc1cnc(C(=O)O)c(C(O)C(O)CCN)c1. The van der Waals surface area contributed by atoms with Gasteiger partial charge in [0.15, 0.2) is 5.69 Å². The number of hydrogen-bond acceptors (Lipinski definition) is 5. The van der Waals surface area contributed by atoms with E-state index in [1.807, 2.05) is 0 Å². The largest absolute Gasteiger partial charge is 0.477 e. The van der Waals surface area contributed by atoms with E-state index < -0.39 is 18.2 Å². The highest BCUT2D eigenvalue weighted by Crippen LogP contribution is 2.22. The van der Waals surface area contributed by atoms with E-state index in [9.17, 15) is 15.0 Å². The summed E-state index contributed by atoms with van der Waals surface area (Å²) in [5.74, 6) is -1.24. The lowest BCUT2D eigenvalue weighted by Crippen LogP contribution is -2.24. The summed E-state index contributed by atoms with van der Waals surface area (Å²) in [5.41, 5.74) is 5.84. The Bertz CT molecular complexity index is 408. The van der Waals surface area contributed by atoms with Crippen LogP contribution in [-0.4, -0.2) is 38.9 Å². The van der Waals surface area contributed by atoms with Crippen LogP contribution < -0.4 is 5.73 Å². The van der Waals surface area contributed by atoms with Crippen LogP contribution in [0.15, 0.2) is 12.3 Å². The predicted molar refractivity (Wildman–Crippen MR) is 60.6 cm³/mol. The summed E-state index contributed by atoms with van der Waals surface area (Å²) in [4.78, 5) is 14.7. The van der Waals surface area contributed by atoms with E-state index in [4.69, 9.17) is 10.8 Å². The third-order valence-electron chi connectivity index (χ3n) is 2.40. The van der Waals surface area contributed by atoms with Crippen molar-refractivity contribution in [3.8, 4) is 0 Å². The molecule has 6 nitrogen and oxygen atoms in total. The van der Waals surface area contributed by atoms with E-state index in [1.54, 1.807) is 6.92 Å². The van der Waals surface area contributed by atoms with E-state index in [1.165, 1.54) is 12.3 Å². The molecule has 2 unspecified atom stereocenters. The van der Waals surface area contributed by atoms with Gasteiger partial charge in [0, 0.05) is 11.8 Å². The average molecular weight is 240 g/mol. The number of rotatable bonds is 5. The molecular weight excluding hydrogens is 224 g/mol. The van der Waals surface area contributed by atoms with Gasteiger partial charge in [0.25, 0.3) is 0 Å². The van der Waals surface area contributed by atoms with Crippen LogP contribution in [0, 0.1) is 6.92 Å². The molecule has 6 heteroatoms. The minimum atomic E-state index is -1.29. The zero-order chi connectivity index (χ0) is 13.0. The Morgan fingerprint density at radius 1 is 1.53 bits per heavy atom. The lowest BCUT2D eigenvalue weighted by atomic mass is 9.99. The van der Waals surface area contributed by atoms with Crippen LogP contribution in [0.25, 0.3) is 0 Å². The van der Waals surface area contributed by atoms with Crippen LogP contribution in [0.3, 0.4) is 0 Å². The van der Waals surface area contributed by atoms with Crippen LogP contribution in [0.2, 0.25) is 0 Å². The summed E-state index contributed by atoms with van der Waals surface area (Å²) >= 11 is 0. The van der Waals surface area contributed by atoms with Crippen LogP contribution in [0.4, 0.5) is 0 Å². The molecule has 0 aliphatic carbocycles. The molecule has 2 atom stereocenters. The summed E-state index contributed by atoms with van der Waals surface area (Å²) < 4.78 is 0. The molecule has 0 aromatic carbocycles. The van der Waals surface area contributed by atoms with Gasteiger partial charge < -0.3 is 21.1 Å². The Kier molecular flexibility index (Phi) is 4.56. The number of hydrogen-bond donors (Lipinski definition) is 4. The van der Waals surface area contributed by atoms with Gasteiger partial charge in [-0.15, -0.1) is 0 Å². The molecule has 0 fully saturated rings. The lowest BCUT2D eigenvalue weighted by Gasteiger charge is -2.19. The maximum absolute atomic E-state index is 10.9. The second-order valence-electron chi connectivity index (χ2n) is 3.85. The highest BCUT2D eigenvalue weighted by atomic mass is 16.4. The topological polar surface area (TPSA) is 117 Å². The number of aliphatic hydroxyl groups is 2. The molecule has 0 radical (unpaired) electrons. The fourth-order valence-corrected chi connectivity index (χ4v) is 1.53. The second-order valence-corrected chi connectivity index (χ2v) is 3.85. The fourth-order valence-electron chi connectivity index (χ4n) is 1.53. The standard InChI is InChI=1S/C11H16N2O4/c1-6-4-7(9(11(16)17)13-5-6)10(15)8(14)2-3-12/h4-5,8,10,14-15H,2-3,12H2,1H3,(H,16,17). The first-order valence-electron chi connectivity index (χ1n) is 5.23. The van der Waals surface area contributed by atoms with E-state index in [0.717, 1.165) is 0 Å². The Balaban J connectivity index is 3.10. The van der Waals surface area contributed by atoms with Crippen molar-refractivity contribution >= 4 is 5.97 Å². The molecule has 0 saturated carbocycles. The molecule has 5 N–H and O–H groups in total. The fraction of sp³-hybridized carbons (Fsp3) is 0.455. The molecule has 0 aliphatic heterocycles. The van der Waals surface area contributed by atoms with Gasteiger partial charge >= 0.3 is 5.97 Å². The summed E-state index contributed by atoms with van der Waals surface area (Å²) in [6.45, 7) is 1.93. The molecule has 94 valence electrons. The van der Waals surface area contributed by atoms with Crippen LogP contribution in [-0.2, 0) is 0 Å². The van der Waals surface area contributed by atoms with Crippen LogP contribution >= 0.6 is 0 Å². The summed E-state index contributed by atoms with van der Waals surface area (Å²) in [6.07, 6.45) is -0.804. The molecular formula is C11H16N2O4. The minimum Gasteiger partial charge on any atom is -0.477 e. The van der Waals surface area contributed by atoms with Crippen molar-refractivity contribution in [2.75, 3.05) is 6.54 Å². The maximum atomic E-state index is 10.9. The van der Waals surface area contributed by atoms with Crippen molar-refractivity contribution in [1.82, 2.24) is 4.98 Å². The highest BCUT2D eigenvalue weighted by Gasteiger charge is 2.24. The normalized spacial score (nSPS) is 14.4. The molecule has 0 spiro atoms. The van der Waals surface area contributed by atoms with Crippen molar-refractivity contribution in [2.24, 2.45) is 5.73 Å². The molecule has 1 rings (SSSR count). The molecule has 0 bridgehead atoms. The number of aliphatic hydroxyl groups excluding tert-OH is 2. The quantitative estimate of drug-likeness (QED) is 0.567. The van der Waals surface area contributed by atoms with Gasteiger partial charge in [0.1, 0.15) is 6.10 Å². The Labute approximate surface area is 98.7 Å². The average Bonchev–Trinajstić information content (AvgIpc) is 2.27. The van der Waals surface area contributed by atoms with Gasteiger partial charge in [-0.25, -0.2) is 9.78 Å². The van der Waals surface area contributed by atoms with Gasteiger partial charge in [-0.2, -0.15) is 0 Å². The van der Waals surface area contributed by atoms with Crippen molar-refractivity contribution < 1.29 is 20.1 Å². The van der Waals surface area contributed by atoms with E-state index in [-0.39, 0.29) is 24.2 Å². The Morgan fingerprint density at radius 3 is 2.71 bits per heavy atom. The number of pyridine rings is 1. The van der Waals surface area contributed by atoms with Gasteiger partial charge in [-0.3, -0.25) is 0 Å². The zero-order valence-electron chi connectivity index (χ0n) is 9.50. The van der Waals surface area contributed by atoms with Crippen molar-refractivity contribution in [3.63, 3.8) is 0 Å². The number of nitrogens with two attached hydrogens (primary N) is 1. The van der Waals surface area contributed by atoms with Crippen LogP contribution in [0.1, 0.15) is 34.1 Å². The molecule has 1 heterocycles. The number of carboxylic acids is 1. The van der Waals surface area contributed by atoms with Crippen molar-refractivity contribution in [3.05, 3.63) is 29.1 Å². The zero-order valence-corrected chi connectivity index (χ0v) is 9.50. The predicted octanol–water partition coefficient (Wildman–Crippen LogP) is -0.169. The second kappa shape index (κ2) is 5.72. The summed E-state index contributed by atoms with van der Waals surface area (Å²) in [6, 6.07) is 1.50. The maximum Gasteiger partial charge on any atom is 0.354 e. The number of aromatic nitrogens is 1. The first-order chi connectivity index (χ1) is 7.97. The highest BCUT2D eigenvalue weighted by molar-refractivity contribution is 5.87. The van der Waals surface area contributed by atoms with E-state index >= 15 is 0 Å². The van der Waals surface area contributed by atoms with Crippen molar-refractivity contribution in [2.45, 2.75) is 25.6 Å². The molecule has 1 aromatic heterocycles. The number of aryl methyl sites for hydroxylation is 1. The number of nitrogens with zero attached hydrogens (tertiary/aromatic N) is 1. The molecule has 0 saturated heterocycles. The summed E-state index contributed by atoms with van der Waals surface area (Å²) in [7, 11) is 0. The van der Waals surface area contributed by atoms with Gasteiger partial charge in [-0.05, 0) is 31.5 Å². The third kappa shape index (κ3) is 3.23. The summed E-state index contributed by atoms with van der Waals surface area (Å²) in [5, 5.41) is 28.4. The molecule has 1 aromatic rings. The number of carbonyl (C=O) groups is 1. The number of carboxylic acid groups (broad SMARTS) is 1. The monoisotopic (exact) mass is 240 g/mol. The number of aromatic carboxylic acids is 1. The van der Waals surface area contributed by atoms with E-state index in [0.29, 0.717) is 5.56 Å². The van der Waals surface area contributed by atoms with Gasteiger partial charge in [0.2, 0.25) is 0 Å². The van der Waals surface area contributed by atoms with Crippen molar-refractivity contribution in [1.29, 1.82) is 0 Å².